The molecule has 0 spiro atoms. The molecule has 2 saturated heterocycles. The molecule has 0 saturated carbocycles. The van der Waals surface area contributed by atoms with Gasteiger partial charge in [-0.1, -0.05) is 38.1 Å². The molecule has 0 aromatic heterocycles. The molecule has 476 valence electrons. The average molecular weight is 2010 g/mol. The molecule has 0 bridgehead atoms. The zero-order valence-corrected chi connectivity index (χ0v) is 78.6. The van der Waals surface area contributed by atoms with Gasteiger partial charge in [-0.15, -0.1) is 0 Å². The minimum atomic E-state index is -0.396. The summed E-state index contributed by atoms with van der Waals surface area (Å²) in [7, 11) is 80.2. The van der Waals surface area contributed by atoms with Crippen LogP contribution in [0.4, 0.5) is 13.6 Å². The maximum atomic E-state index is 13.7. The molecular formula is C28H36F2N4O2S47. The Bertz CT molecular complexity index is 4550. The number of nitrogens with two attached hydrogens (primary N) is 1. The summed E-state index contributed by atoms with van der Waals surface area (Å²) in [6.07, 6.45) is 2.06. The molecule has 4 rings (SSSR count). The molecule has 6 nitrogen and oxygen atoms in total. The molecule has 55 heteroatoms. The van der Waals surface area contributed by atoms with E-state index in [1.807, 2.05) is 280 Å². The Kier molecular flexibility index (Phi) is 61.7. The molecule has 83 heavy (non-hydrogen) atoms. The number of benzene rings is 2. The first-order valence-corrected chi connectivity index (χ1v) is 81.8. The van der Waals surface area contributed by atoms with Crippen molar-refractivity contribution < 1.29 is 18.4 Å². The van der Waals surface area contributed by atoms with Crippen molar-refractivity contribution in [1.29, 1.82) is 0 Å². The van der Waals surface area contributed by atoms with Crippen molar-refractivity contribution in [3.05, 3.63) is 71.3 Å². The first-order chi connectivity index (χ1) is 40.6. The number of halogens is 2. The molecule has 1 atom stereocenters. The highest BCUT2D eigenvalue weighted by atomic mass is 33.5. The van der Waals surface area contributed by atoms with Crippen molar-refractivity contribution in [1.82, 2.24) is 14.7 Å². The van der Waals surface area contributed by atoms with Gasteiger partial charge in [0.25, 0.3) is 0 Å². The molecule has 2 heterocycles. The van der Waals surface area contributed by atoms with Gasteiger partial charge in [0.05, 0.1) is 6.04 Å². The van der Waals surface area contributed by atoms with Crippen LogP contribution in [0.5, 0.6) is 0 Å². The Hall–Kier alpha value is 7.34. The maximum Gasteiger partial charge on any atom is 0.314 e. The highest BCUT2D eigenvalue weighted by Gasteiger charge is 2.37. The second-order valence-corrected chi connectivity index (χ2v) is 93.0. The predicted molar refractivity (Wildman–Crippen MR) is 481 cm³/mol. The highest BCUT2D eigenvalue weighted by molar-refractivity contribution is 8.82. The van der Waals surface area contributed by atoms with Gasteiger partial charge in [-0.25, -0.2) is 13.6 Å². The topological polar surface area (TPSA) is 69.9 Å². The Morgan fingerprint density at radius 1 is 0.446 bits per heavy atom. The van der Waals surface area contributed by atoms with E-state index in [1.54, 1.807) is 136 Å². The molecule has 0 radical (unpaired) electrons. The largest absolute Gasteiger partial charge is 0.351 e. The van der Waals surface area contributed by atoms with Crippen LogP contribution >= 0.6 is 0 Å². The summed E-state index contributed by atoms with van der Waals surface area (Å²) in [6.45, 7) is 7.39. The fraction of sp³-hybridized carbons (Fsp3) is 0.500. The summed E-state index contributed by atoms with van der Waals surface area (Å²) in [5.41, 5.74) is 7.26. The third kappa shape index (κ3) is 45.5. The Morgan fingerprint density at radius 2 is 0.711 bits per heavy atom. The number of carbonyl (C=O) groups excluding carboxylic acids is 2. The van der Waals surface area contributed by atoms with Gasteiger partial charge in [0.15, 0.2) is 0 Å². The Labute approximate surface area is 619 Å². The molecule has 2 aliphatic rings. The van der Waals surface area contributed by atoms with Crippen molar-refractivity contribution in [3.8, 4) is 0 Å². The van der Waals surface area contributed by atoms with E-state index in [0.29, 0.717) is 39.1 Å². The van der Waals surface area contributed by atoms with Crippen LogP contribution in [0.2, 0.25) is 0 Å². The van der Waals surface area contributed by atoms with Crippen LogP contribution in [0.25, 0.3) is 0 Å². The van der Waals surface area contributed by atoms with E-state index in [2.05, 4.69) is 18.7 Å². The number of carbonyl (C=O) groups is 2. The number of hydrogen-bond donors (Lipinski definition) is 1. The van der Waals surface area contributed by atoms with E-state index in [9.17, 15) is 18.4 Å². The van der Waals surface area contributed by atoms with Gasteiger partial charge in [-0.05, 0) is 60.1 Å². The lowest BCUT2D eigenvalue weighted by Crippen LogP contribution is -2.58. The quantitative estimate of drug-likeness (QED) is 0.469. The zero-order chi connectivity index (χ0) is 59.6. The van der Waals surface area contributed by atoms with Crippen LogP contribution in [0.3, 0.4) is 0 Å². The predicted octanol–water partition coefficient (Wildman–Crippen LogP) is 4.29. The first kappa shape index (κ1) is 84.6. The molecule has 2 aromatic rings. The second kappa shape index (κ2) is 60.5. The van der Waals surface area contributed by atoms with E-state index in [0.717, 1.165) is 24.0 Å². The lowest BCUT2D eigenvalue weighted by Gasteiger charge is -2.47. The lowest BCUT2D eigenvalue weighted by atomic mass is 9.90. The van der Waals surface area contributed by atoms with Crippen LogP contribution in [-0.4, -0.2) is 65.4 Å². The third-order valence-corrected chi connectivity index (χ3v) is 107. The van der Waals surface area contributed by atoms with Gasteiger partial charge in [-0.2, -0.15) is 0 Å². The van der Waals surface area contributed by atoms with Gasteiger partial charge >= 0.3 is 6.03 Å². The SMILES string of the molecule is CC(C)[C@H]1CN(C(c2ccc(F)cc2)c2ccc(F)cc2)CCN1C(=O)CC1CCN(C(N)=O)CC1.S=S=S=S=S=S=S=S=S=S=S=S=S=S=S=S=S=S=S=S=S=S=S=S=S=S=S=S=S=S=S=S=S=S=S=S=S=S=S=S=S=S=S=S=S=S=S. The number of primary amides is 1. The van der Waals surface area contributed by atoms with E-state index >= 15 is 0 Å². The van der Waals surface area contributed by atoms with E-state index < -0.39 is 6.03 Å². The van der Waals surface area contributed by atoms with Crippen molar-refractivity contribution in [3.63, 3.8) is 0 Å². The molecule has 0 aliphatic carbocycles. The number of hydrogen-bond acceptors (Lipinski definition) is 5. The first-order valence-electron chi connectivity index (χ1n) is 20.5. The van der Waals surface area contributed by atoms with Crippen molar-refractivity contribution in [2.45, 2.75) is 45.2 Å². The molecule has 2 aliphatic heterocycles. The molecule has 0 unspecified atom stereocenters. The minimum absolute atomic E-state index is 0.0281. The van der Waals surface area contributed by atoms with Crippen molar-refractivity contribution in [2.24, 2.45) is 17.6 Å². The lowest BCUT2D eigenvalue weighted by molar-refractivity contribution is -0.139. The van der Waals surface area contributed by atoms with E-state index in [-0.39, 0.29) is 41.5 Å². The van der Waals surface area contributed by atoms with Gasteiger partial charge in [0.1, 0.15) is 11.6 Å². The summed E-state index contributed by atoms with van der Waals surface area (Å²) < 4.78 is 27.4. The summed E-state index contributed by atoms with van der Waals surface area (Å²) in [5, 5.41) is 0. The normalized spacial score (nSPS) is 13.0. The zero-order valence-electron chi connectivity index (χ0n) is 40.3. The number of piperidine rings is 1. The smallest absolute Gasteiger partial charge is 0.314 e. The van der Waals surface area contributed by atoms with Crippen molar-refractivity contribution in [2.75, 3.05) is 32.7 Å². The van der Waals surface area contributed by atoms with Gasteiger partial charge in [0, 0.05) is 467 Å². The summed E-state index contributed by atoms with van der Waals surface area (Å²) in [5.74, 6) is 0.0640. The fourth-order valence-electron chi connectivity index (χ4n) is 6.06. The molecule has 3 amide bonds. The van der Waals surface area contributed by atoms with Crippen molar-refractivity contribution >= 4 is 434 Å². The number of amides is 3. The standard InChI is InChI=1S/C28H36F2N4O2.S47/c1-19(2)25-18-33(15-16-34(25)26(35)17-20-11-13-32(14-12-20)28(31)36)27(21-3-7-23(29)8-4-21)22-5-9-24(30)10-6-22;1-3-5-7-9-11-13-15-17-19-21-23-25-27-29-31-33-35-37-39-41-43-45-47-46-44-42-40-38-36-34-32-30-28-26-24-22-20-18-16-14-12-10-8-6-4-2/h3-10,19-20,25,27H,11-18H2,1-2H3,(H2,31,36);/t25-;/m1./s1. The number of piperazine rings is 1. The summed E-state index contributed by atoms with van der Waals surface area (Å²) >= 11 is 9.62. The summed E-state index contributed by atoms with van der Waals surface area (Å²) in [6, 6.07) is 12.4. The molecule has 2 fully saturated rings. The van der Waals surface area contributed by atoms with Crippen LogP contribution in [-0.2, 0) is 427 Å². The number of rotatable bonds is 6. The highest BCUT2D eigenvalue weighted by Crippen LogP contribution is 2.33. The van der Waals surface area contributed by atoms with Crippen LogP contribution < -0.4 is 5.73 Å². The third-order valence-electron chi connectivity index (χ3n) is 8.89. The molecule has 2 aromatic carbocycles. The molecule has 2 N–H and O–H groups in total. The maximum absolute atomic E-state index is 13.7. The number of nitrogens with zero attached hydrogens (tertiary/aromatic N) is 3. The van der Waals surface area contributed by atoms with E-state index in [1.165, 1.54) is 42.0 Å². The average Bonchev–Trinajstić information content (AvgIpc) is 3.56. The van der Waals surface area contributed by atoms with Gasteiger partial charge < -0.3 is 15.5 Å². The van der Waals surface area contributed by atoms with Crippen LogP contribution in [0.15, 0.2) is 48.5 Å². The monoisotopic (exact) mass is 2000 g/mol. The fourth-order valence-corrected chi connectivity index (χ4v) is 124. The number of urea groups is 1. The van der Waals surface area contributed by atoms with Gasteiger partial charge in [-0.3, -0.25) is 9.69 Å². The second-order valence-electron chi connectivity index (χ2n) is 13.4. The number of likely N-dealkylation sites (tertiary alicyclic amines) is 1. The Morgan fingerprint density at radius 3 is 0.952 bits per heavy atom. The minimum Gasteiger partial charge on any atom is -0.351 e. The van der Waals surface area contributed by atoms with Crippen LogP contribution in [0, 0.1) is 23.5 Å². The molecular weight excluding hydrogens is 1970 g/mol. The van der Waals surface area contributed by atoms with Crippen LogP contribution in [0.1, 0.15) is 50.3 Å². The van der Waals surface area contributed by atoms with Gasteiger partial charge in [0.2, 0.25) is 5.91 Å². The van der Waals surface area contributed by atoms with E-state index in [4.69, 9.17) is 28.1 Å². The Balaban J connectivity index is 0.000000448. The summed E-state index contributed by atoms with van der Waals surface area (Å²) in [4.78, 5) is 30.8.